The highest BCUT2D eigenvalue weighted by atomic mass is 35.5. The van der Waals surface area contributed by atoms with E-state index in [0.29, 0.717) is 13.1 Å². The van der Waals surface area contributed by atoms with E-state index in [-0.39, 0.29) is 12.0 Å². The van der Waals surface area contributed by atoms with Crippen LogP contribution in [-0.2, 0) is 4.79 Å². The molecule has 2 heterocycles. The molecule has 5 heteroatoms. The minimum atomic E-state index is 0.0829. The molecule has 122 valence electrons. The van der Waals surface area contributed by atoms with Crippen LogP contribution in [0.15, 0.2) is 48.7 Å². The number of hydrogen-bond acceptors (Lipinski definition) is 2. The van der Waals surface area contributed by atoms with Gasteiger partial charge in [0.1, 0.15) is 11.9 Å². The van der Waals surface area contributed by atoms with Gasteiger partial charge in [-0.3, -0.25) is 4.79 Å². The second-order valence-electron chi connectivity index (χ2n) is 6.09. The third kappa shape index (κ3) is 2.74. The second-order valence-corrected chi connectivity index (χ2v) is 6.49. The van der Waals surface area contributed by atoms with Crippen LogP contribution in [0, 0.1) is 0 Å². The molecule has 1 aliphatic rings. The molecule has 0 atom stereocenters. The zero-order valence-corrected chi connectivity index (χ0v) is 14.0. The molecule has 0 spiro atoms. The first kappa shape index (κ1) is 15.1. The first-order valence-electron chi connectivity index (χ1n) is 7.89. The summed E-state index contributed by atoms with van der Waals surface area (Å²) < 4.78 is 5.88. The van der Waals surface area contributed by atoms with Gasteiger partial charge in [0.25, 0.3) is 0 Å². The van der Waals surface area contributed by atoms with Crippen molar-refractivity contribution in [2.45, 2.75) is 13.0 Å². The number of carbonyl (C=O) groups excluding carboxylic acids is 1. The van der Waals surface area contributed by atoms with Crippen molar-refractivity contribution < 1.29 is 9.53 Å². The zero-order valence-electron chi connectivity index (χ0n) is 13.3. The molecule has 0 unspecified atom stereocenters. The average molecular weight is 341 g/mol. The Balaban J connectivity index is 1.51. The largest absolute Gasteiger partial charge is 0.487 e. The van der Waals surface area contributed by atoms with Crippen molar-refractivity contribution in [1.82, 2.24) is 9.88 Å². The Hall–Kier alpha value is -2.46. The van der Waals surface area contributed by atoms with Crippen LogP contribution >= 0.6 is 11.6 Å². The summed E-state index contributed by atoms with van der Waals surface area (Å²) in [6.45, 7) is 2.90. The Morgan fingerprint density at radius 3 is 2.67 bits per heavy atom. The summed E-state index contributed by atoms with van der Waals surface area (Å²) in [5, 5.41) is 1.85. The van der Waals surface area contributed by atoms with Gasteiger partial charge in [0.15, 0.2) is 0 Å². The summed E-state index contributed by atoms with van der Waals surface area (Å²) in [5.41, 5.74) is 3.08. The van der Waals surface area contributed by atoms with Crippen LogP contribution in [0.2, 0.25) is 5.02 Å². The van der Waals surface area contributed by atoms with Gasteiger partial charge in [-0.25, -0.2) is 0 Å². The van der Waals surface area contributed by atoms with Gasteiger partial charge in [-0.2, -0.15) is 0 Å². The number of halogens is 1. The zero-order chi connectivity index (χ0) is 16.7. The molecule has 1 N–H and O–H groups in total. The second kappa shape index (κ2) is 5.87. The number of benzene rings is 2. The topological polar surface area (TPSA) is 45.3 Å². The van der Waals surface area contributed by atoms with Gasteiger partial charge in [0, 0.05) is 29.6 Å². The molecule has 24 heavy (non-hydrogen) atoms. The van der Waals surface area contributed by atoms with Crippen LogP contribution < -0.4 is 4.74 Å². The Bertz CT molecular complexity index is 895. The van der Waals surface area contributed by atoms with Crippen LogP contribution in [-0.4, -0.2) is 35.0 Å². The van der Waals surface area contributed by atoms with Crippen molar-refractivity contribution in [2.24, 2.45) is 0 Å². The van der Waals surface area contributed by atoms with E-state index in [9.17, 15) is 4.79 Å². The predicted molar refractivity (Wildman–Crippen MR) is 95.4 cm³/mol. The fraction of sp³-hybridized carbons (Fsp3) is 0.211. The van der Waals surface area contributed by atoms with Gasteiger partial charge in [-0.1, -0.05) is 23.7 Å². The standard InChI is InChI=1S/C19H17ClN2O2/c1-12(23)22-10-16(11-22)24-15-4-2-13(3-5-15)17-8-14-6-7-21-19(14)9-18(17)20/h2-9,16,21H,10-11H2,1H3. The van der Waals surface area contributed by atoms with Crippen molar-refractivity contribution in [3.05, 3.63) is 53.7 Å². The lowest BCUT2D eigenvalue weighted by atomic mass is 10.0. The van der Waals surface area contributed by atoms with Crippen LogP contribution in [0.5, 0.6) is 5.75 Å². The van der Waals surface area contributed by atoms with Crippen LogP contribution in [0.25, 0.3) is 22.0 Å². The lowest BCUT2D eigenvalue weighted by molar-refractivity contribution is -0.137. The molecule has 4 nitrogen and oxygen atoms in total. The molecule has 0 bridgehead atoms. The predicted octanol–water partition coefficient (Wildman–Crippen LogP) is 4.10. The minimum absolute atomic E-state index is 0.0829. The summed E-state index contributed by atoms with van der Waals surface area (Å²) >= 11 is 6.41. The molecule has 2 aromatic carbocycles. The third-order valence-electron chi connectivity index (χ3n) is 4.40. The number of aromatic nitrogens is 1. The van der Waals surface area contributed by atoms with E-state index < -0.39 is 0 Å². The highest BCUT2D eigenvalue weighted by Gasteiger charge is 2.30. The molecule has 1 fully saturated rings. The van der Waals surface area contributed by atoms with Gasteiger partial charge >= 0.3 is 0 Å². The monoisotopic (exact) mass is 340 g/mol. The van der Waals surface area contributed by atoms with Gasteiger partial charge < -0.3 is 14.6 Å². The van der Waals surface area contributed by atoms with Crippen molar-refractivity contribution >= 4 is 28.4 Å². The SMILES string of the molecule is CC(=O)N1CC(Oc2ccc(-c3cc4cc[nH]c4cc3Cl)cc2)C1. The summed E-state index contributed by atoms with van der Waals surface area (Å²) in [6, 6.07) is 14.0. The lowest BCUT2D eigenvalue weighted by Crippen LogP contribution is -2.55. The van der Waals surface area contributed by atoms with Crippen LogP contribution in [0.1, 0.15) is 6.92 Å². The lowest BCUT2D eigenvalue weighted by Gasteiger charge is -2.38. The van der Waals surface area contributed by atoms with E-state index in [1.54, 1.807) is 11.8 Å². The molecule has 0 radical (unpaired) electrons. The summed E-state index contributed by atoms with van der Waals surface area (Å²) in [5.74, 6) is 0.908. The van der Waals surface area contributed by atoms with Gasteiger partial charge in [-0.05, 0) is 35.9 Å². The Kier molecular flexibility index (Phi) is 3.69. The number of hydrogen-bond donors (Lipinski definition) is 1. The number of nitrogens with one attached hydrogen (secondary N) is 1. The number of H-pyrrole nitrogens is 1. The van der Waals surface area contributed by atoms with Crippen molar-refractivity contribution in [3.63, 3.8) is 0 Å². The van der Waals surface area contributed by atoms with Gasteiger partial charge in [-0.15, -0.1) is 0 Å². The number of fused-ring (bicyclic) bond motifs is 1. The maximum atomic E-state index is 11.2. The number of carbonyl (C=O) groups is 1. The van der Waals surface area contributed by atoms with Gasteiger partial charge in [0.05, 0.1) is 18.1 Å². The fourth-order valence-corrected chi connectivity index (χ4v) is 3.24. The van der Waals surface area contributed by atoms with Crippen LogP contribution in [0.4, 0.5) is 0 Å². The average Bonchev–Trinajstić information content (AvgIpc) is 2.97. The smallest absolute Gasteiger partial charge is 0.219 e. The molecular formula is C19H17ClN2O2. The number of likely N-dealkylation sites (tertiary alicyclic amines) is 1. The molecule has 4 rings (SSSR count). The molecule has 3 aromatic rings. The Morgan fingerprint density at radius 1 is 1.21 bits per heavy atom. The quantitative estimate of drug-likeness (QED) is 0.780. The number of aromatic amines is 1. The molecule has 0 saturated carbocycles. The van der Waals surface area contributed by atoms with Crippen molar-refractivity contribution in [3.8, 4) is 16.9 Å². The third-order valence-corrected chi connectivity index (χ3v) is 4.72. The normalized spacial score (nSPS) is 14.7. The first-order valence-corrected chi connectivity index (χ1v) is 8.27. The highest BCUT2D eigenvalue weighted by molar-refractivity contribution is 6.34. The van der Waals surface area contributed by atoms with Crippen molar-refractivity contribution in [2.75, 3.05) is 13.1 Å². The molecule has 0 aliphatic carbocycles. The maximum absolute atomic E-state index is 11.2. The van der Waals surface area contributed by atoms with E-state index in [1.165, 1.54) is 0 Å². The van der Waals surface area contributed by atoms with E-state index in [0.717, 1.165) is 32.8 Å². The maximum Gasteiger partial charge on any atom is 0.219 e. The number of ether oxygens (including phenoxy) is 1. The van der Waals surface area contributed by atoms with E-state index >= 15 is 0 Å². The molecule has 1 saturated heterocycles. The Morgan fingerprint density at radius 2 is 1.96 bits per heavy atom. The molecular weight excluding hydrogens is 324 g/mol. The first-order chi connectivity index (χ1) is 11.6. The molecule has 1 aliphatic heterocycles. The van der Waals surface area contributed by atoms with E-state index in [1.807, 2.05) is 42.6 Å². The number of rotatable bonds is 3. The van der Waals surface area contributed by atoms with Crippen molar-refractivity contribution in [1.29, 1.82) is 0 Å². The Labute approximate surface area is 145 Å². The summed E-state index contributed by atoms with van der Waals surface area (Å²) in [6.07, 6.45) is 1.99. The summed E-state index contributed by atoms with van der Waals surface area (Å²) in [4.78, 5) is 16.1. The van der Waals surface area contributed by atoms with E-state index in [2.05, 4.69) is 11.1 Å². The highest BCUT2D eigenvalue weighted by Crippen LogP contribution is 2.33. The van der Waals surface area contributed by atoms with Gasteiger partial charge in [0.2, 0.25) is 5.91 Å². The number of nitrogens with zero attached hydrogens (tertiary/aromatic N) is 1. The summed E-state index contributed by atoms with van der Waals surface area (Å²) in [7, 11) is 0. The van der Waals surface area contributed by atoms with Crippen LogP contribution in [0.3, 0.4) is 0 Å². The fourth-order valence-electron chi connectivity index (χ4n) is 2.97. The molecule has 1 aromatic heterocycles. The number of amides is 1. The molecule has 1 amide bonds. The minimum Gasteiger partial charge on any atom is -0.487 e. The van der Waals surface area contributed by atoms with E-state index in [4.69, 9.17) is 16.3 Å².